The van der Waals surface area contributed by atoms with Crippen molar-refractivity contribution in [3.8, 4) is 34.2 Å². The third-order valence-corrected chi connectivity index (χ3v) is 8.05. The number of hydrogen-bond donors (Lipinski definition) is 3. The molecule has 1 amide bonds. The predicted octanol–water partition coefficient (Wildman–Crippen LogP) is 1.96. The summed E-state index contributed by atoms with van der Waals surface area (Å²) in [6, 6.07) is 13.9. The third-order valence-electron chi connectivity index (χ3n) is 6.31. The van der Waals surface area contributed by atoms with E-state index >= 15 is 0 Å². The molecule has 0 spiro atoms. The Kier molecular flexibility index (Phi) is 6.65. The van der Waals surface area contributed by atoms with E-state index in [4.69, 9.17) is 0 Å². The van der Waals surface area contributed by atoms with Crippen LogP contribution in [0.25, 0.3) is 34.2 Å². The highest BCUT2D eigenvalue weighted by molar-refractivity contribution is 7.86. The Balaban J connectivity index is 1.35. The van der Waals surface area contributed by atoms with Gasteiger partial charge in [-0.25, -0.2) is 14.3 Å². The number of nitrogens with one attached hydrogen (secondary N) is 1. The number of amides is 1. The van der Waals surface area contributed by atoms with Crippen LogP contribution in [0.5, 0.6) is 0 Å². The summed E-state index contributed by atoms with van der Waals surface area (Å²) < 4.78 is 66.6. The predicted molar refractivity (Wildman–Crippen MR) is 145 cm³/mol. The van der Waals surface area contributed by atoms with Crippen molar-refractivity contribution < 1.29 is 30.7 Å². The van der Waals surface area contributed by atoms with Crippen molar-refractivity contribution in [3.05, 3.63) is 78.6 Å². The summed E-state index contributed by atoms with van der Waals surface area (Å²) in [4.78, 5) is 17.1. The number of benzene rings is 2. The molecule has 6 rings (SSSR count). The number of carbonyl (C=O) groups excluding carboxylic acids is 1. The Bertz CT molecular complexity index is 1900. The van der Waals surface area contributed by atoms with Gasteiger partial charge in [0.1, 0.15) is 11.4 Å². The van der Waals surface area contributed by atoms with Gasteiger partial charge in [-0.2, -0.15) is 16.8 Å². The molecule has 3 aromatic heterocycles. The topological polar surface area (TPSA) is 212 Å². The Hall–Kier alpha value is -4.84. The molecule has 214 valence electrons. The monoisotopic (exact) mass is 608 g/mol. The Labute approximate surface area is 238 Å². The lowest BCUT2D eigenvalue weighted by molar-refractivity contribution is 0.0951. The zero-order valence-corrected chi connectivity index (χ0v) is 22.9. The van der Waals surface area contributed by atoms with E-state index in [1.807, 2.05) is 0 Å². The van der Waals surface area contributed by atoms with E-state index in [1.165, 1.54) is 57.9 Å². The van der Waals surface area contributed by atoms with E-state index in [1.54, 1.807) is 24.5 Å². The van der Waals surface area contributed by atoms with E-state index in [2.05, 4.69) is 30.9 Å². The lowest BCUT2D eigenvalue weighted by Crippen LogP contribution is -2.25. The smallest absolute Gasteiger partial charge is 0.294 e. The summed E-state index contributed by atoms with van der Waals surface area (Å²) in [5.74, 6) is -0.302. The van der Waals surface area contributed by atoms with Crippen molar-refractivity contribution in [1.82, 2.24) is 40.3 Å². The second kappa shape index (κ2) is 10.2. The number of pyridine rings is 1. The van der Waals surface area contributed by atoms with Gasteiger partial charge in [-0.3, -0.25) is 13.9 Å². The van der Waals surface area contributed by atoms with Crippen molar-refractivity contribution in [1.29, 1.82) is 0 Å². The van der Waals surface area contributed by atoms with Gasteiger partial charge < -0.3 is 5.32 Å². The zero-order valence-electron chi connectivity index (χ0n) is 21.3. The SMILES string of the molecule is O=C(NC1CC1)c1cc(-c2cn(-c3ccc(S(=O)(=O)O)cc3)nn2)nc(-c2cn(-c3ccc(S(=O)(=O)O)cc3)nn2)c1. The van der Waals surface area contributed by atoms with E-state index in [0.717, 1.165) is 12.8 Å². The van der Waals surface area contributed by atoms with E-state index in [-0.39, 0.29) is 21.7 Å². The van der Waals surface area contributed by atoms with Crippen molar-refractivity contribution in [2.45, 2.75) is 28.7 Å². The number of rotatable bonds is 8. The minimum Gasteiger partial charge on any atom is -0.349 e. The fourth-order valence-electron chi connectivity index (χ4n) is 3.98. The average molecular weight is 609 g/mol. The highest BCUT2D eigenvalue weighted by atomic mass is 32.2. The molecule has 1 saturated carbocycles. The molecule has 0 bridgehead atoms. The first-order chi connectivity index (χ1) is 19.9. The van der Waals surface area contributed by atoms with Gasteiger partial charge in [-0.05, 0) is 73.5 Å². The molecule has 5 aromatic rings. The first kappa shape index (κ1) is 27.3. The molecule has 0 unspecified atom stereocenters. The van der Waals surface area contributed by atoms with Crippen LogP contribution in [0.1, 0.15) is 23.2 Å². The first-order valence-electron chi connectivity index (χ1n) is 12.3. The summed E-state index contributed by atoms with van der Waals surface area (Å²) in [7, 11) is -8.70. The van der Waals surface area contributed by atoms with Crippen molar-refractivity contribution >= 4 is 26.1 Å². The van der Waals surface area contributed by atoms with Crippen molar-refractivity contribution in [2.24, 2.45) is 0 Å². The number of aromatic nitrogens is 7. The van der Waals surface area contributed by atoms with Gasteiger partial charge in [0.05, 0.1) is 44.9 Å². The second-order valence-electron chi connectivity index (χ2n) is 9.41. The zero-order chi connectivity index (χ0) is 29.6. The third kappa shape index (κ3) is 5.79. The van der Waals surface area contributed by atoms with Gasteiger partial charge in [-0.1, -0.05) is 10.4 Å². The molecule has 3 N–H and O–H groups in total. The van der Waals surface area contributed by atoms with Gasteiger partial charge in [0.25, 0.3) is 26.1 Å². The van der Waals surface area contributed by atoms with Crippen LogP contribution in [0.4, 0.5) is 0 Å². The number of carbonyl (C=O) groups is 1. The van der Waals surface area contributed by atoms with Crippen LogP contribution in [-0.4, -0.2) is 72.9 Å². The molecule has 1 aliphatic carbocycles. The van der Waals surface area contributed by atoms with Gasteiger partial charge >= 0.3 is 0 Å². The first-order valence-corrected chi connectivity index (χ1v) is 15.2. The molecule has 1 aliphatic rings. The van der Waals surface area contributed by atoms with Gasteiger partial charge in [0.15, 0.2) is 0 Å². The van der Waals surface area contributed by atoms with Gasteiger partial charge in [-0.15, -0.1) is 10.2 Å². The van der Waals surface area contributed by atoms with Crippen LogP contribution >= 0.6 is 0 Å². The molecule has 3 heterocycles. The largest absolute Gasteiger partial charge is 0.349 e. The van der Waals surface area contributed by atoms with Crippen LogP contribution in [0.2, 0.25) is 0 Å². The molecule has 2 aromatic carbocycles. The summed E-state index contributed by atoms with van der Waals surface area (Å²) in [6.07, 6.45) is 4.88. The number of hydrogen-bond acceptors (Lipinski definition) is 10. The maximum atomic E-state index is 13.0. The van der Waals surface area contributed by atoms with E-state index in [9.17, 15) is 30.7 Å². The standard InChI is InChI=1S/C25H20N8O7S2/c34-25(26-16-1-2-16)15-11-21(23-13-32(30-28-23)17-3-7-19(8-4-17)41(35,36)37)27-22(12-15)24-14-33(31-29-24)18-5-9-20(10-6-18)42(38,39)40/h3-14,16H,1-2H2,(H,26,34)(H,35,36,37)(H,38,39,40). The molecule has 17 heteroatoms. The fraction of sp³-hybridized carbons (Fsp3) is 0.120. The minimum atomic E-state index is -4.35. The minimum absolute atomic E-state index is 0.107. The van der Waals surface area contributed by atoms with E-state index < -0.39 is 20.2 Å². The average Bonchev–Trinajstić information content (AvgIpc) is 3.42. The van der Waals surface area contributed by atoms with Crippen LogP contribution in [-0.2, 0) is 20.2 Å². The summed E-state index contributed by atoms with van der Waals surface area (Å²) in [5, 5.41) is 19.4. The Morgan fingerprint density at radius 3 is 1.52 bits per heavy atom. The van der Waals surface area contributed by atoms with Crippen LogP contribution in [0.15, 0.2) is 82.8 Å². The lowest BCUT2D eigenvalue weighted by Gasteiger charge is -2.07. The summed E-state index contributed by atoms with van der Waals surface area (Å²) >= 11 is 0. The number of nitrogens with zero attached hydrogens (tertiary/aromatic N) is 7. The highest BCUT2D eigenvalue weighted by Crippen LogP contribution is 2.26. The maximum absolute atomic E-state index is 13.0. The molecular formula is C25H20N8O7S2. The molecular weight excluding hydrogens is 588 g/mol. The molecule has 15 nitrogen and oxygen atoms in total. The second-order valence-corrected chi connectivity index (χ2v) is 12.3. The highest BCUT2D eigenvalue weighted by Gasteiger charge is 2.25. The molecule has 1 fully saturated rings. The molecule has 0 atom stereocenters. The van der Waals surface area contributed by atoms with Crippen molar-refractivity contribution in [2.75, 3.05) is 0 Å². The maximum Gasteiger partial charge on any atom is 0.294 e. The summed E-state index contributed by atoms with van der Waals surface area (Å²) in [5.41, 5.74) is 2.47. The summed E-state index contributed by atoms with van der Waals surface area (Å²) in [6.45, 7) is 0. The molecule has 0 saturated heterocycles. The fourth-order valence-corrected chi connectivity index (χ4v) is 4.94. The molecule has 0 aliphatic heterocycles. The lowest BCUT2D eigenvalue weighted by atomic mass is 10.1. The quantitative estimate of drug-likeness (QED) is 0.216. The normalized spacial score (nSPS) is 13.7. The van der Waals surface area contributed by atoms with Gasteiger partial charge in [0, 0.05) is 11.6 Å². The Morgan fingerprint density at radius 2 is 1.14 bits per heavy atom. The molecule has 42 heavy (non-hydrogen) atoms. The van der Waals surface area contributed by atoms with Crippen LogP contribution in [0, 0.1) is 0 Å². The van der Waals surface area contributed by atoms with Crippen LogP contribution < -0.4 is 5.32 Å². The Morgan fingerprint density at radius 1 is 0.714 bits per heavy atom. The van der Waals surface area contributed by atoms with Crippen molar-refractivity contribution in [3.63, 3.8) is 0 Å². The van der Waals surface area contributed by atoms with E-state index in [0.29, 0.717) is 39.7 Å². The van der Waals surface area contributed by atoms with Crippen LogP contribution in [0.3, 0.4) is 0 Å². The molecule has 0 radical (unpaired) electrons. The van der Waals surface area contributed by atoms with Gasteiger partial charge in [0.2, 0.25) is 0 Å².